The lowest BCUT2D eigenvalue weighted by Crippen LogP contribution is -2.02. The molecule has 0 saturated carbocycles. The van der Waals surface area contributed by atoms with Gasteiger partial charge < -0.3 is 4.74 Å². The fraction of sp³-hybridized carbons (Fsp3) is 0.900. The molecule has 2 heteroatoms. The van der Waals surface area contributed by atoms with Gasteiger partial charge in [0.1, 0.15) is 0 Å². The number of hydrogen-bond donors (Lipinski definition) is 0. The predicted octanol–water partition coefficient (Wildman–Crippen LogP) is 2.91. The predicted molar refractivity (Wildman–Crippen MR) is 50.0 cm³/mol. The Labute approximate surface area is 75.3 Å². The molecule has 0 aromatic heterocycles. The summed E-state index contributed by atoms with van der Waals surface area (Å²) in [4.78, 5) is 10.9. The lowest BCUT2D eigenvalue weighted by Gasteiger charge is -2.00. The molecule has 0 aromatic rings. The summed E-state index contributed by atoms with van der Waals surface area (Å²) in [6, 6.07) is 0. The van der Waals surface area contributed by atoms with E-state index >= 15 is 0 Å². The average Bonchev–Trinajstić information content (AvgIpc) is 2.05. The van der Waals surface area contributed by atoms with Gasteiger partial charge in [0, 0.05) is 6.42 Å². The Balaban J connectivity index is 3.03. The molecule has 0 saturated heterocycles. The van der Waals surface area contributed by atoms with Gasteiger partial charge in [0.2, 0.25) is 0 Å². The van der Waals surface area contributed by atoms with E-state index in [0.29, 0.717) is 13.0 Å². The largest absolute Gasteiger partial charge is 0.466 e. The second-order valence-electron chi connectivity index (χ2n) is 2.97. The molecule has 0 amide bonds. The first-order chi connectivity index (χ1) is 5.81. The summed E-state index contributed by atoms with van der Waals surface area (Å²) in [5, 5.41) is 0. The molecule has 0 aromatic carbocycles. The minimum absolute atomic E-state index is 0.0472. The first-order valence-corrected chi connectivity index (χ1v) is 4.96. The summed E-state index contributed by atoms with van der Waals surface area (Å²) >= 11 is 0. The van der Waals surface area contributed by atoms with Gasteiger partial charge in [-0.3, -0.25) is 4.79 Å². The second-order valence-corrected chi connectivity index (χ2v) is 2.97. The minimum Gasteiger partial charge on any atom is -0.466 e. The monoisotopic (exact) mass is 172 g/mol. The summed E-state index contributed by atoms with van der Waals surface area (Å²) in [7, 11) is 0. The summed E-state index contributed by atoms with van der Waals surface area (Å²) in [6.07, 6.45) is 6.52. The number of ether oxygens (including phenoxy) is 1. The molecule has 0 bridgehead atoms. The van der Waals surface area contributed by atoms with Gasteiger partial charge in [-0.15, -0.1) is 0 Å². The Morgan fingerprint density at radius 2 is 1.75 bits per heavy atom. The van der Waals surface area contributed by atoms with Gasteiger partial charge in [-0.05, 0) is 13.3 Å². The van der Waals surface area contributed by atoms with Crippen LogP contribution >= 0.6 is 0 Å². The van der Waals surface area contributed by atoms with E-state index in [4.69, 9.17) is 4.74 Å². The van der Waals surface area contributed by atoms with E-state index in [9.17, 15) is 4.79 Å². The SMILES string of the molecule is CCCCCCCC(=O)OCC. The fourth-order valence-corrected chi connectivity index (χ4v) is 1.11. The summed E-state index contributed by atoms with van der Waals surface area (Å²) in [5.41, 5.74) is 0. The maximum absolute atomic E-state index is 10.9. The smallest absolute Gasteiger partial charge is 0.305 e. The molecular formula is C10H20O2. The lowest BCUT2D eigenvalue weighted by atomic mass is 10.1. The molecule has 0 N–H and O–H groups in total. The van der Waals surface area contributed by atoms with Crippen LogP contribution < -0.4 is 0 Å². The Hall–Kier alpha value is -0.530. The third kappa shape index (κ3) is 7.58. The molecule has 0 spiro atoms. The van der Waals surface area contributed by atoms with Crippen LogP contribution in [0, 0.1) is 0 Å². The van der Waals surface area contributed by atoms with E-state index in [1.54, 1.807) is 0 Å². The highest BCUT2D eigenvalue weighted by Gasteiger charge is 1.99. The highest BCUT2D eigenvalue weighted by molar-refractivity contribution is 5.69. The topological polar surface area (TPSA) is 26.3 Å². The summed E-state index contributed by atoms with van der Waals surface area (Å²) in [5.74, 6) is -0.0472. The summed E-state index contributed by atoms with van der Waals surface area (Å²) in [6.45, 7) is 4.54. The van der Waals surface area contributed by atoms with Crippen LogP contribution in [0.25, 0.3) is 0 Å². The third-order valence-corrected chi connectivity index (χ3v) is 1.79. The number of hydrogen-bond acceptors (Lipinski definition) is 2. The van der Waals surface area contributed by atoms with Crippen LogP contribution in [-0.4, -0.2) is 12.6 Å². The molecule has 0 aliphatic heterocycles. The van der Waals surface area contributed by atoms with Crippen LogP contribution in [0.4, 0.5) is 0 Å². The first-order valence-electron chi connectivity index (χ1n) is 4.96. The van der Waals surface area contributed by atoms with Crippen molar-refractivity contribution in [3.8, 4) is 0 Å². The van der Waals surface area contributed by atoms with Gasteiger partial charge in [-0.1, -0.05) is 32.6 Å². The third-order valence-electron chi connectivity index (χ3n) is 1.79. The Bertz CT molecular complexity index is 110. The van der Waals surface area contributed by atoms with E-state index in [0.717, 1.165) is 12.8 Å². The van der Waals surface area contributed by atoms with Crippen LogP contribution in [0.5, 0.6) is 0 Å². The lowest BCUT2D eigenvalue weighted by molar-refractivity contribution is -0.143. The van der Waals surface area contributed by atoms with E-state index in [2.05, 4.69) is 6.92 Å². The number of rotatable bonds is 7. The van der Waals surface area contributed by atoms with Crippen LogP contribution in [0.2, 0.25) is 0 Å². The first kappa shape index (κ1) is 11.5. The number of carbonyl (C=O) groups is 1. The van der Waals surface area contributed by atoms with Crippen molar-refractivity contribution in [3.63, 3.8) is 0 Å². The highest BCUT2D eigenvalue weighted by atomic mass is 16.5. The second kappa shape index (κ2) is 8.57. The van der Waals surface area contributed by atoms with E-state index in [1.165, 1.54) is 19.3 Å². The van der Waals surface area contributed by atoms with E-state index in [1.807, 2.05) is 6.92 Å². The number of unbranched alkanes of at least 4 members (excludes halogenated alkanes) is 4. The van der Waals surface area contributed by atoms with Crippen LogP contribution in [-0.2, 0) is 9.53 Å². The number of esters is 1. The van der Waals surface area contributed by atoms with Gasteiger partial charge in [-0.25, -0.2) is 0 Å². The average molecular weight is 172 g/mol. The molecule has 0 radical (unpaired) electrons. The molecule has 0 aliphatic carbocycles. The normalized spacial score (nSPS) is 9.83. The molecule has 0 fully saturated rings. The molecule has 0 heterocycles. The molecule has 0 rings (SSSR count). The molecule has 12 heavy (non-hydrogen) atoms. The molecule has 0 atom stereocenters. The van der Waals surface area contributed by atoms with Crippen molar-refractivity contribution in [1.29, 1.82) is 0 Å². The zero-order valence-corrected chi connectivity index (χ0v) is 8.27. The van der Waals surface area contributed by atoms with Gasteiger partial charge in [0.05, 0.1) is 6.61 Å². The Morgan fingerprint density at radius 3 is 2.33 bits per heavy atom. The van der Waals surface area contributed by atoms with Crippen LogP contribution in [0.1, 0.15) is 52.4 Å². The molecule has 0 unspecified atom stereocenters. The maximum atomic E-state index is 10.9. The quantitative estimate of drug-likeness (QED) is 0.436. The van der Waals surface area contributed by atoms with Gasteiger partial charge in [0.25, 0.3) is 0 Å². The number of carbonyl (C=O) groups excluding carboxylic acids is 1. The summed E-state index contributed by atoms with van der Waals surface area (Å²) < 4.78 is 4.81. The molecule has 2 nitrogen and oxygen atoms in total. The van der Waals surface area contributed by atoms with Gasteiger partial charge in [-0.2, -0.15) is 0 Å². The van der Waals surface area contributed by atoms with Crippen molar-refractivity contribution in [3.05, 3.63) is 0 Å². The van der Waals surface area contributed by atoms with E-state index < -0.39 is 0 Å². The Morgan fingerprint density at radius 1 is 1.08 bits per heavy atom. The van der Waals surface area contributed by atoms with Crippen molar-refractivity contribution >= 4 is 5.97 Å². The molecule has 72 valence electrons. The molecule has 0 aliphatic rings. The van der Waals surface area contributed by atoms with Gasteiger partial charge in [0.15, 0.2) is 0 Å². The minimum atomic E-state index is -0.0472. The van der Waals surface area contributed by atoms with Crippen molar-refractivity contribution in [2.75, 3.05) is 6.61 Å². The maximum Gasteiger partial charge on any atom is 0.305 e. The van der Waals surface area contributed by atoms with Gasteiger partial charge >= 0.3 is 5.97 Å². The zero-order chi connectivity index (χ0) is 9.23. The van der Waals surface area contributed by atoms with E-state index in [-0.39, 0.29) is 5.97 Å². The standard InChI is InChI=1S/C10H20O2/c1-3-5-6-7-8-9-10(11)12-4-2/h3-9H2,1-2H3. The highest BCUT2D eigenvalue weighted by Crippen LogP contribution is 2.05. The zero-order valence-electron chi connectivity index (χ0n) is 8.27. The van der Waals surface area contributed by atoms with Crippen molar-refractivity contribution in [2.45, 2.75) is 52.4 Å². The van der Waals surface area contributed by atoms with Crippen LogP contribution in [0.15, 0.2) is 0 Å². The van der Waals surface area contributed by atoms with Crippen molar-refractivity contribution in [1.82, 2.24) is 0 Å². The van der Waals surface area contributed by atoms with Crippen molar-refractivity contribution in [2.24, 2.45) is 0 Å². The van der Waals surface area contributed by atoms with Crippen molar-refractivity contribution < 1.29 is 9.53 Å². The Kier molecular flexibility index (Phi) is 8.19. The molecular weight excluding hydrogens is 152 g/mol. The fourth-order valence-electron chi connectivity index (χ4n) is 1.11. The van der Waals surface area contributed by atoms with Crippen LogP contribution in [0.3, 0.4) is 0 Å².